The molecular formula is C22H18N2O6. The van der Waals surface area contributed by atoms with Crippen LogP contribution in [0.15, 0.2) is 58.1 Å². The molecule has 0 aliphatic heterocycles. The van der Waals surface area contributed by atoms with Crippen LogP contribution in [0.3, 0.4) is 0 Å². The molecule has 2 aromatic carbocycles. The van der Waals surface area contributed by atoms with Gasteiger partial charge in [-0.2, -0.15) is 0 Å². The summed E-state index contributed by atoms with van der Waals surface area (Å²) in [6.45, 7) is 2.57. The van der Waals surface area contributed by atoms with Gasteiger partial charge in [-0.15, -0.1) is 0 Å². The molecule has 0 saturated heterocycles. The number of hydrogen-bond acceptors (Lipinski definition) is 6. The molecule has 8 heteroatoms. The fourth-order valence-electron chi connectivity index (χ4n) is 2.70. The van der Waals surface area contributed by atoms with E-state index in [-0.39, 0.29) is 10.7 Å². The van der Waals surface area contributed by atoms with Crippen LogP contribution in [0.4, 0.5) is 0 Å². The number of benzene rings is 2. The van der Waals surface area contributed by atoms with Gasteiger partial charge >= 0.3 is 11.9 Å². The van der Waals surface area contributed by atoms with Crippen LogP contribution >= 0.6 is 0 Å². The number of rotatable bonds is 4. The van der Waals surface area contributed by atoms with Crippen molar-refractivity contribution in [1.29, 1.82) is 0 Å². The fraction of sp³-hybridized carbons (Fsp3) is 0.0909. The molecule has 0 unspecified atom stereocenters. The molecule has 2 N–H and O–H groups in total. The predicted octanol–water partition coefficient (Wildman–Crippen LogP) is 0.571. The van der Waals surface area contributed by atoms with Crippen molar-refractivity contribution in [2.75, 3.05) is 0 Å². The summed E-state index contributed by atoms with van der Waals surface area (Å²) in [7, 11) is 0. The molecule has 3 rings (SSSR count). The van der Waals surface area contributed by atoms with E-state index >= 15 is 0 Å². The lowest BCUT2D eigenvalue weighted by atomic mass is 10.2. The Bertz CT molecular complexity index is 1250. The minimum Gasteiger partial charge on any atom is -0.427 e. The molecule has 0 aliphatic rings. The van der Waals surface area contributed by atoms with Gasteiger partial charge in [-0.05, 0) is 47.5 Å². The van der Waals surface area contributed by atoms with Crippen molar-refractivity contribution in [3.63, 3.8) is 0 Å². The van der Waals surface area contributed by atoms with E-state index in [1.807, 2.05) is 0 Å². The van der Waals surface area contributed by atoms with E-state index in [1.54, 1.807) is 48.5 Å². The van der Waals surface area contributed by atoms with Crippen LogP contribution in [-0.4, -0.2) is 21.9 Å². The Morgan fingerprint density at radius 1 is 0.733 bits per heavy atom. The topological polar surface area (TPSA) is 118 Å². The van der Waals surface area contributed by atoms with Gasteiger partial charge in [-0.1, -0.05) is 24.3 Å². The van der Waals surface area contributed by atoms with Gasteiger partial charge in [0.15, 0.2) is 0 Å². The molecular weight excluding hydrogens is 388 g/mol. The van der Waals surface area contributed by atoms with E-state index in [9.17, 15) is 19.2 Å². The highest BCUT2D eigenvalue weighted by Crippen LogP contribution is 2.14. The number of H-pyrrole nitrogens is 2. The standard InChI is InChI=1S/C22H18N2O6/c1-13(25)29-17-7-3-5-15(9-17)11-19-21(27)24-20(22(28)23-19)12-16-6-4-8-18(10-16)30-14(2)26/h3-12H,1-2H3,(H,23,28)(H,24,27)/b19-11-,20-12-. The normalized spacial score (nSPS) is 11.9. The van der Waals surface area contributed by atoms with Crippen LogP contribution < -0.4 is 31.3 Å². The number of carbonyl (C=O) groups excluding carboxylic acids is 2. The predicted molar refractivity (Wildman–Crippen MR) is 110 cm³/mol. The second-order valence-electron chi connectivity index (χ2n) is 6.36. The third-order valence-corrected chi connectivity index (χ3v) is 3.85. The van der Waals surface area contributed by atoms with Crippen molar-refractivity contribution in [1.82, 2.24) is 9.97 Å². The molecule has 0 amide bonds. The van der Waals surface area contributed by atoms with Crippen LogP contribution in [0.1, 0.15) is 25.0 Å². The smallest absolute Gasteiger partial charge is 0.308 e. The first kappa shape index (κ1) is 20.5. The lowest BCUT2D eigenvalue weighted by Crippen LogP contribution is -2.46. The molecule has 3 aromatic rings. The van der Waals surface area contributed by atoms with Crippen molar-refractivity contribution in [2.45, 2.75) is 13.8 Å². The summed E-state index contributed by atoms with van der Waals surface area (Å²) >= 11 is 0. The number of carbonyl (C=O) groups is 2. The van der Waals surface area contributed by atoms with E-state index in [1.165, 1.54) is 26.0 Å². The highest BCUT2D eigenvalue weighted by molar-refractivity contribution is 5.70. The first-order valence-corrected chi connectivity index (χ1v) is 8.93. The van der Waals surface area contributed by atoms with Crippen LogP contribution in [0, 0.1) is 0 Å². The highest BCUT2D eigenvalue weighted by atomic mass is 16.5. The lowest BCUT2D eigenvalue weighted by molar-refractivity contribution is -0.132. The molecule has 8 nitrogen and oxygen atoms in total. The monoisotopic (exact) mass is 406 g/mol. The molecule has 0 fully saturated rings. The van der Waals surface area contributed by atoms with Gasteiger partial charge in [0.25, 0.3) is 11.1 Å². The van der Waals surface area contributed by atoms with E-state index in [2.05, 4.69) is 9.97 Å². The molecule has 0 aliphatic carbocycles. The maximum absolute atomic E-state index is 12.4. The van der Waals surface area contributed by atoms with Gasteiger partial charge in [0.05, 0.1) is 0 Å². The van der Waals surface area contributed by atoms with Crippen molar-refractivity contribution in [3.8, 4) is 11.5 Å². The Hall–Kier alpha value is -4.20. The molecule has 1 aromatic heterocycles. The number of hydrogen-bond donors (Lipinski definition) is 2. The zero-order chi connectivity index (χ0) is 21.7. The quantitative estimate of drug-likeness (QED) is 0.483. The maximum Gasteiger partial charge on any atom is 0.308 e. The number of aromatic nitrogens is 2. The van der Waals surface area contributed by atoms with Gasteiger partial charge in [0, 0.05) is 13.8 Å². The maximum atomic E-state index is 12.4. The summed E-state index contributed by atoms with van der Waals surface area (Å²) in [5.74, 6) is -0.271. The minimum absolute atomic E-state index is 0.0470. The number of ether oxygens (including phenoxy) is 2. The molecule has 0 saturated carbocycles. The van der Waals surface area contributed by atoms with E-state index in [4.69, 9.17) is 9.47 Å². The largest absolute Gasteiger partial charge is 0.427 e. The van der Waals surface area contributed by atoms with E-state index < -0.39 is 23.1 Å². The van der Waals surface area contributed by atoms with Crippen molar-refractivity contribution in [2.24, 2.45) is 0 Å². The van der Waals surface area contributed by atoms with Gasteiger partial charge in [0.2, 0.25) is 0 Å². The van der Waals surface area contributed by atoms with Crippen LogP contribution in [0.2, 0.25) is 0 Å². The average Bonchev–Trinajstić information content (AvgIpc) is 2.65. The molecule has 1 heterocycles. The number of aromatic amines is 2. The van der Waals surface area contributed by atoms with E-state index in [0.717, 1.165) is 0 Å². The molecule has 0 atom stereocenters. The van der Waals surface area contributed by atoms with Crippen molar-refractivity contribution >= 4 is 24.1 Å². The summed E-state index contributed by atoms with van der Waals surface area (Å²) < 4.78 is 10.0. The number of nitrogens with one attached hydrogen (secondary N) is 2. The zero-order valence-corrected chi connectivity index (χ0v) is 16.2. The minimum atomic E-state index is -0.505. The van der Waals surface area contributed by atoms with Gasteiger partial charge in [-0.25, -0.2) is 0 Å². The Kier molecular flexibility index (Phi) is 6.07. The lowest BCUT2D eigenvalue weighted by Gasteiger charge is -2.02. The summed E-state index contributed by atoms with van der Waals surface area (Å²) in [4.78, 5) is 52.1. The summed E-state index contributed by atoms with van der Waals surface area (Å²) in [5.41, 5.74) is 0.131. The fourth-order valence-corrected chi connectivity index (χ4v) is 2.70. The van der Waals surface area contributed by atoms with Crippen molar-refractivity contribution in [3.05, 3.63) is 91.1 Å². The first-order valence-electron chi connectivity index (χ1n) is 8.93. The van der Waals surface area contributed by atoms with Crippen LogP contribution in [0.5, 0.6) is 11.5 Å². The molecule has 0 bridgehead atoms. The molecule has 0 spiro atoms. The average molecular weight is 406 g/mol. The Morgan fingerprint density at radius 2 is 1.13 bits per heavy atom. The van der Waals surface area contributed by atoms with Crippen LogP contribution in [0.25, 0.3) is 12.2 Å². The number of esters is 2. The molecule has 152 valence electrons. The SMILES string of the molecule is CC(=O)Oc1cccc(/C=c2\[nH]c(=O)/c(=C/c3cccc(OC(C)=O)c3)[nH]c2=O)c1. The third-order valence-electron chi connectivity index (χ3n) is 3.85. The van der Waals surface area contributed by atoms with Crippen molar-refractivity contribution < 1.29 is 19.1 Å². The van der Waals surface area contributed by atoms with Gasteiger partial charge in [-0.3, -0.25) is 19.2 Å². The third kappa shape index (κ3) is 5.41. The second kappa shape index (κ2) is 8.87. The Balaban J connectivity index is 2.01. The Labute approximate surface area is 170 Å². The zero-order valence-electron chi connectivity index (χ0n) is 16.2. The summed E-state index contributed by atoms with van der Waals surface area (Å²) in [6, 6.07) is 13.1. The van der Waals surface area contributed by atoms with Gasteiger partial charge in [0.1, 0.15) is 22.2 Å². The molecule has 30 heavy (non-hydrogen) atoms. The Morgan fingerprint density at radius 3 is 1.50 bits per heavy atom. The van der Waals surface area contributed by atoms with E-state index in [0.29, 0.717) is 22.6 Å². The highest BCUT2D eigenvalue weighted by Gasteiger charge is 2.02. The summed E-state index contributed by atoms with van der Waals surface area (Å²) in [6.07, 6.45) is 2.94. The van der Waals surface area contributed by atoms with Gasteiger partial charge < -0.3 is 19.4 Å². The second-order valence-corrected chi connectivity index (χ2v) is 6.36. The first-order chi connectivity index (χ1) is 14.3. The summed E-state index contributed by atoms with van der Waals surface area (Å²) in [5, 5.41) is 0.0941. The molecule has 0 radical (unpaired) electrons. The van der Waals surface area contributed by atoms with Crippen LogP contribution in [-0.2, 0) is 9.59 Å².